The zero-order valence-corrected chi connectivity index (χ0v) is 11.1. The molecule has 0 aromatic heterocycles. The van der Waals surface area contributed by atoms with Crippen LogP contribution in [0.3, 0.4) is 0 Å². The van der Waals surface area contributed by atoms with Crippen LogP contribution in [0.1, 0.15) is 28.7 Å². The van der Waals surface area contributed by atoms with E-state index in [1.54, 1.807) is 0 Å². The average molecular weight is 254 g/mol. The molecule has 19 heavy (non-hydrogen) atoms. The summed E-state index contributed by atoms with van der Waals surface area (Å²) < 4.78 is 5.95. The third-order valence-electron chi connectivity index (χ3n) is 3.72. The monoisotopic (exact) mass is 254 g/mol. The van der Waals surface area contributed by atoms with Crippen LogP contribution < -0.4 is 4.74 Å². The van der Waals surface area contributed by atoms with Gasteiger partial charge in [0.05, 0.1) is 6.61 Å². The predicted molar refractivity (Wildman–Crippen MR) is 75.6 cm³/mol. The highest BCUT2D eigenvalue weighted by molar-refractivity contribution is 5.43. The summed E-state index contributed by atoms with van der Waals surface area (Å²) in [6.45, 7) is 2.07. The Hall–Kier alpha value is -1.80. The van der Waals surface area contributed by atoms with E-state index >= 15 is 0 Å². The minimum atomic E-state index is 0.0694. The van der Waals surface area contributed by atoms with Crippen molar-refractivity contribution >= 4 is 0 Å². The lowest BCUT2D eigenvalue weighted by molar-refractivity contribution is 0.281. The molecular formula is C17H18O2. The first-order valence-corrected chi connectivity index (χ1v) is 6.76. The lowest BCUT2D eigenvalue weighted by atomic mass is 10.1. The van der Waals surface area contributed by atoms with Gasteiger partial charge in [-0.05, 0) is 66.6 Å². The molecule has 2 aromatic carbocycles. The van der Waals surface area contributed by atoms with Gasteiger partial charge in [0.15, 0.2) is 0 Å². The molecule has 1 N–H and O–H groups in total. The molecule has 2 heteroatoms. The Morgan fingerprint density at radius 1 is 1.05 bits per heavy atom. The molecule has 0 amide bonds. The molecular weight excluding hydrogens is 236 g/mol. The molecule has 0 spiro atoms. The SMILES string of the molecule is Cc1cc(CO)ccc1Oc1ccc2c(c1)CCC2. The van der Waals surface area contributed by atoms with Crippen molar-refractivity contribution in [2.45, 2.75) is 32.8 Å². The van der Waals surface area contributed by atoms with Crippen LogP contribution in [-0.4, -0.2) is 5.11 Å². The summed E-state index contributed by atoms with van der Waals surface area (Å²) in [6, 6.07) is 12.2. The number of aryl methyl sites for hydroxylation is 3. The molecule has 0 aliphatic heterocycles. The Morgan fingerprint density at radius 3 is 2.68 bits per heavy atom. The molecule has 3 rings (SSSR count). The Kier molecular flexibility index (Phi) is 3.26. The van der Waals surface area contributed by atoms with Gasteiger partial charge >= 0.3 is 0 Å². The van der Waals surface area contributed by atoms with Gasteiger partial charge in [0, 0.05) is 0 Å². The first-order valence-electron chi connectivity index (χ1n) is 6.76. The van der Waals surface area contributed by atoms with Gasteiger partial charge in [0.1, 0.15) is 11.5 Å². The number of aliphatic hydroxyl groups excluding tert-OH is 1. The van der Waals surface area contributed by atoms with E-state index in [0.29, 0.717) is 0 Å². The number of rotatable bonds is 3. The van der Waals surface area contributed by atoms with Crippen LogP contribution in [-0.2, 0) is 19.4 Å². The summed E-state index contributed by atoms with van der Waals surface area (Å²) >= 11 is 0. The van der Waals surface area contributed by atoms with Crippen molar-refractivity contribution in [3.63, 3.8) is 0 Å². The van der Waals surface area contributed by atoms with Crippen molar-refractivity contribution in [1.82, 2.24) is 0 Å². The van der Waals surface area contributed by atoms with E-state index in [2.05, 4.69) is 12.1 Å². The minimum absolute atomic E-state index is 0.0694. The highest BCUT2D eigenvalue weighted by Gasteiger charge is 2.12. The maximum Gasteiger partial charge on any atom is 0.130 e. The van der Waals surface area contributed by atoms with Crippen molar-refractivity contribution in [1.29, 1.82) is 0 Å². The third kappa shape index (κ3) is 2.49. The third-order valence-corrected chi connectivity index (χ3v) is 3.72. The zero-order chi connectivity index (χ0) is 13.2. The molecule has 0 bridgehead atoms. The van der Waals surface area contributed by atoms with Crippen LogP contribution in [0, 0.1) is 6.92 Å². The second-order valence-electron chi connectivity index (χ2n) is 5.14. The molecule has 0 fully saturated rings. The fraction of sp³-hybridized carbons (Fsp3) is 0.294. The maximum absolute atomic E-state index is 9.11. The second-order valence-corrected chi connectivity index (χ2v) is 5.14. The lowest BCUT2D eigenvalue weighted by Gasteiger charge is -2.11. The van der Waals surface area contributed by atoms with E-state index in [0.717, 1.165) is 29.0 Å². The summed E-state index contributed by atoms with van der Waals surface area (Å²) in [5, 5.41) is 9.11. The second kappa shape index (κ2) is 5.06. The van der Waals surface area contributed by atoms with Crippen LogP contribution in [0.5, 0.6) is 11.5 Å². The van der Waals surface area contributed by atoms with E-state index in [4.69, 9.17) is 9.84 Å². The van der Waals surface area contributed by atoms with Gasteiger partial charge < -0.3 is 9.84 Å². The molecule has 2 nitrogen and oxygen atoms in total. The van der Waals surface area contributed by atoms with E-state index < -0.39 is 0 Å². The van der Waals surface area contributed by atoms with Crippen molar-refractivity contribution in [2.24, 2.45) is 0 Å². The molecule has 98 valence electrons. The summed E-state index contributed by atoms with van der Waals surface area (Å²) in [4.78, 5) is 0. The van der Waals surface area contributed by atoms with E-state index in [9.17, 15) is 0 Å². The van der Waals surface area contributed by atoms with Crippen molar-refractivity contribution < 1.29 is 9.84 Å². The summed E-state index contributed by atoms with van der Waals surface area (Å²) in [7, 11) is 0. The number of hydrogen-bond acceptors (Lipinski definition) is 2. The fourth-order valence-electron chi connectivity index (χ4n) is 2.66. The number of aliphatic hydroxyl groups is 1. The molecule has 1 aliphatic carbocycles. The number of fused-ring (bicyclic) bond motifs is 1. The van der Waals surface area contributed by atoms with E-state index in [1.165, 1.54) is 24.0 Å². The maximum atomic E-state index is 9.11. The first-order chi connectivity index (χ1) is 9.26. The Bertz CT molecular complexity index is 602. The lowest BCUT2D eigenvalue weighted by Crippen LogP contribution is -1.91. The fourth-order valence-corrected chi connectivity index (χ4v) is 2.66. The first kappa shape index (κ1) is 12.2. The minimum Gasteiger partial charge on any atom is -0.457 e. The van der Waals surface area contributed by atoms with Crippen LogP contribution in [0.2, 0.25) is 0 Å². The summed E-state index contributed by atoms with van der Waals surface area (Å²) in [6.07, 6.45) is 3.61. The Labute approximate surface area is 113 Å². The molecule has 0 unspecified atom stereocenters. The molecule has 0 radical (unpaired) electrons. The normalized spacial score (nSPS) is 13.4. The highest BCUT2D eigenvalue weighted by atomic mass is 16.5. The van der Waals surface area contributed by atoms with Gasteiger partial charge in [-0.15, -0.1) is 0 Å². The van der Waals surface area contributed by atoms with Gasteiger partial charge in [-0.25, -0.2) is 0 Å². The van der Waals surface area contributed by atoms with Gasteiger partial charge in [-0.2, -0.15) is 0 Å². The standard InChI is InChI=1S/C17H18O2/c1-12-9-13(11-18)5-8-17(12)19-16-7-6-14-3-2-4-15(14)10-16/h5-10,18H,2-4,11H2,1H3. The number of hydrogen-bond donors (Lipinski definition) is 1. The van der Waals surface area contributed by atoms with Gasteiger partial charge in [-0.1, -0.05) is 18.2 Å². The van der Waals surface area contributed by atoms with Crippen LogP contribution in [0.15, 0.2) is 36.4 Å². The molecule has 0 saturated carbocycles. The molecule has 1 aliphatic rings. The topological polar surface area (TPSA) is 29.5 Å². The van der Waals surface area contributed by atoms with Gasteiger partial charge in [0.2, 0.25) is 0 Å². The van der Waals surface area contributed by atoms with Crippen LogP contribution in [0.25, 0.3) is 0 Å². The van der Waals surface area contributed by atoms with Crippen LogP contribution in [0.4, 0.5) is 0 Å². The van der Waals surface area contributed by atoms with Gasteiger partial charge in [-0.3, -0.25) is 0 Å². The molecule has 0 atom stereocenters. The van der Waals surface area contributed by atoms with Crippen molar-refractivity contribution in [3.8, 4) is 11.5 Å². The summed E-state index contributed by atoms with van der Waals surface area (Å²) in [5.74, 6) is 1.76. The Balaban J connectivity index is 1.85. The molecule has 0 saturated heterocycles. The van der Waals surface area contributed by atoms with E-state index in [-0.39, 0.29) is 6.61 Å². The summed E-state index contributed by atoms with van der Waals surface area (Å²) in [5.41, 5.74) is 4.84. The molecule has 0 heterocycles. The highest BCUT2D eigenvalue weighted by Crippen LogP contribution is 2.30. The molecule has 2 aromatic rings. The van der Waals surface area contributed by atoms with E-state index in [1.807, 2.05) is 31.2 Å². The zero-order valence-electron chi connectivity index (χ0n) is 11.1. The number of ether oxygens (including phenoxy) is 1. The largest absolute Gasteiger partial charge is 0.457 e. The quantitative estimate of drug-likeness (QED) is 0.903. The van der Waals surface area contributed by atoms with Crippen molar-refractivity contribution in [3.05, 3.63) is 58.7 Å². The Morgan fingerprint density at radius 2 is 1.89 bits per heavy atom. The predicted octanol–water partition coefficient (Wildman–Crippen LogP) is 3.77. The van der Waals surface area contributed by atoms with Crippen LogP contribution >= 0.6 is 0 Å². The van der Waals surface area contributed by atoms with Gasteiger partial charge in [0.25, 0.3) is 0 Å². The average Bonchev–Trinajstić information content (AvgIpc) is 2.88. The number of benzene rings is 2. The van der Waals surface area contributed by atoms with Crippen molar-refractivity contribution in [2.75, 3.05) is 0 Å². The smallest absolute Gasteiger partial charge is 0.130 e.